The van der Waals surface area contributed by atoms with Crippen LogP contribution < -0.4 is 10.2 Å². The quantitative estimate of drug-likeness (QED) is 0.589. The van der Waals surface area contributed by atoms with Gasteiger partial charge < -0.3 is 15.1 Å². The average molecular weight is 432 g/mol. The van der Waals surface area contributed by atoms with Gasteiger partial charge in [-0.15, -0.1) is 11.8 Å². The minimum absolute atomic E-state index is 0.0423. The van der Waals surface area contributed by atoms with E-state index in [-0.39, 0.29) is 11.8 Å². The number of nitrogens with one attached hydrogen (secondary N) is 1. The van der Waals surface area contributed by atoms with Crippen molar-refractivity contribution in [3.63, 3.8) is 0 Å². The van der Waals surface area contributed by atoms with Crippen LogP contribution in [0.15, 0.2) is 89.8 Å². The standard InChI is InChI=1S/C25H25N3O2S/c29-24(19-31-21-11-5-2-6-12-21)26-23-14-8-7-13-22(23)25(30)28-17-15-27(16-18-28)20-9-3-1-4-10-20/h1-14H,15-19H2,(H,26,29). The first-order chi connectivity index (χ1) is 15.2. The lowest BCUT2D eigenvalue weighted by Crippen LogP contribution is -2.48. The molecule has 158 valence electrons. The second-order valence-electron chi connectivity index (χ2n) is 7.31. The number of anilines is 2. The maximum absolute atomic E-state index is 13.2. The second kappa shape index (κ2) is 10.2. The maximum Gasteiger partial charge on any atom is 0.256 e. The highest BCUT2D eigenvalue weighted by Gasteiger charge is 2.24. The molecule has 4 rings (SSSR count). The van der Waals surface area contributed by atoms with Crippen LogP contribution in [0.1, 0.15) is 10.4 Å². The molecule has 6 heteroatoms. The fraction of sp³-hybridized carbons (Fsp3) is 0.200. The van der Waals surface area contributed by atoms with Crippen LogP contribution in [0, 0.1) is 0 Å². The Hall–Kier alpha value is -3.25. The Kier molecular flexibility index (Phi) is 6.89. The van der Waals surface area contributed by atoms with Crippen molar-refractivity contribution in [1.29, 1.82) is 0 Å². The third-order valence-electron chi connectivity index (χ3n) is 5.23. The van der Waals surface area contributed by atoms with E-state index in [0.717, 1.165) is 18.0 Å². The molecule has 3 aromatic rings. The number of carbonyl (C=O) groups is 2. The van der Waals surface area contributed by atoms with Gasteiger partial charge in [0.1, 0.15) is 0 Å². The first-order valence-electron chi connectivity index (χ1n) is 10.4. The lowest BCUT2D eigenvalue weighted by atomic mass is 10.1. The summed E-state index contributed by atoms with van der Waals surface area (Å²) in [5.41, 5.74) is 2.28. The van der Waals surface area contributed by atoms with Crippen molar-refractivity contribution in [2.45, 2.75) is 4.90 Å². The van der Waals surface area contributed by atoms with Gasteiger partial charge in [-0.2, -0.15) is 0 Å². The number of para-hydroxylation sites is 2. The molecule has 1 fully saturated rings. The van der Waals surface area contributed by atoms with Crippen LogP contribution in [-0.4, -0.2) is 48.6 Å². The first kappa shape index (κ1) is 21.0. The summed E-state index contributed by atoms with van der Waals surface area (Å²) in [6.45, 7) is 2.88. The van der Waals surface area contributed by atoms with Crippen molar-refractivity contribution in [2.24, 2.45) is 0 Å². The third kappa shape index (κ3) is 5.47. The lowest BCUT2D eigenvalue weighted by Gasteiger charge is -2.36. The van der Waals surface area contributed by atoms with E-state index < -0.39 is 0 Å². The van der Waals surface area contributed by atoms with Crippen molar-refractivity contribution in [3.8, 4) is 0 Å². The topological polar surface area (TPSA) is 52.7 Å². The molecule has 3 aromatic carbocycles. The molecule has 0 unspecified atom stereocenters. The molecule has 0 atom stereocenters. The van der Waals surface area contributed by atoms with Crippen LogP contribution in [-0.2, 0) is 4.79 Å². The highest BCUT2D eigenvalue weighted by Crippen LogP contribution is 2.22. The van der Waals surface area contributed by atoms with E-state index in [4.69, 9.17) is 0 Å². The number of rotatable bonds is 6. The SMILES string of the molecule is O=C(CSc1ccccc1)Nc1ccccc1C(=O)N1CCN(c2ccccc2)CC1. The molecule has 1 N–H and O–H groups in total. The van der Waals surface area contributed by atoms with Gasteiger partial charge in [0.25, 0.3) is 5.91 Å². The summed E-state index contributed by atoms with van der Waals surface area (Å²) >= 11 is 1.48. The van der Waals surface area contributed by atoms with Crippen molar-refractivity contribution < 1.29 is 9.59 Å². The van der Waals surface area contributed by atoms with Crippen LogP contribution >= 0.6 is 11.8 Å². The Morgan fingerprint density at radius 3 is 2.10 bits per heavy atom. The van der Waals surface area contributed by atoms with Gasteiger partial charge in [0.15, 0.2) is 0 Å². The predicted octanol–water partition coefficient (Wildman–Crippen LogP) is 4.38. The summed E-state index contributed by atoms with van der Waals surface area (Å²) in [6.07, 6.45) is 0. The number of hydrogen-bond donors (Lipinski definition) is 1. The van der Waals surface area contributed by atoms with E-state index in [2.05, 4.69) is 22.3 Å². The lowest BCUT2D eigenvalue weighted by molar-refractivity contribution is -0.113. The monoisotopic (exact) mass is 431 g/mol. The highest BCUT2D eigenvalue weighted by molar-refractivity contribution is 8.00. The van der Waals surface area contributed by atoms with Gasteiger partial charge in [0.2, 0.25) is 5.91 Å². The second-order valence-corrected chi connectivity index (χ2v) is 8.36. The number of thioether (sulfide) groups is 1. The van der Waals surface area contributed by atoms with Crippen LogP contribution in [0.25, 0.3) is 0 Å². The molecule has 1 aliphatic rings. The number of amides is 2. The van der Waals surface area contributed by atoms with E-state index in [0.29, 0.717) is 30.1 Å². The third-order valence-corrected chi connectivity index (χ3v) is 6.24. The molecule has 0 aromatic heterocycles. The fourth-order valence-electron chi connectivity index (χ4n) is 3.61. The Labute approximate surface area is 187 Å². The molecule has 0 radical (unpaired) electrons. The van der Waals surface area contributed by atoms with Gasteiger partial charge in [-0.25, -0.2) is 0 Å². The van der Waals surface area contributed by atoms with Crippen LogP contribution in [0.5, 0.6) is 0 Å². The Balaban J connectivity index is 1.36. The van der Waals surface area contributed by atoms with Gasteiger partial charge in [-0.1, -0.05) is 48.5 Å². The van der Waals surface area contributed by atoms with Gasteiger partial charge in [-0.3, -0.25) is 9.59 Å². The van der Waals surface area contributed by atoms with Crippen LogP contribution in [0.4, 0.5) is 11.4 Å². The molecular formula is C25H25N3O2S. The highest BCUT2D eigenvalue weighted by atomic mass is 32.2. The molecule has 1 aliphatic heterocycles. The molecule has 0 bridgehead atoms. The minimum atomic E-state index is -0.122. The number of nitrogens with zero attached hydrogens (tertiary/aromatic N) is 2. The Bertz CT molecular complexity index is 1020. The summed E-state index contributed by atoms with van der Waals surface area (Å²) in [5, 5.41) is 2.92. The zero-order chi connectivity index (χ0) is 21.5. The number of carbonyl (C=O) groups excluding carboxylic acids is 2. The van der Waals surface area contributed by atoms with Gasteiger partial charge in [0, 0.05) is 36.8 Å². The number of benzene rings is 3. The van der Waals surface area contributed by atoms with Crippen LogP contribution in [0.3, 0.4) is 0 Å². The van der Waals surface area contributed by atoms with E-state index in [1.807, 2.05) is 65.6 Å². The molecule has 0 spiro atoms. The van der Waals surface area contributed by atoms with Gasteiger partial charge >= 0.3 is 0 Å². The largest absolute Gasteiger partial charge is 0.368 e. The molecular weight excluding hydrogens is 406 g/mol. The van der Waals surface area contributed by atoms with E-state index in [1.54, 1.807) is 12.1 Å². The van der Waals surface area contributed by atoms with Gasteiger partial charge in [-0.05, 0) is 36.4 Å². The summed E-state index contributed by atoms with van der Waals surface area (Å²) in [5.74, 6) is 0.129. The summed E-state index contributed by atoms with van der Waals surface area (Å²) in [4.78, 5) is 30.8. The molecule has 1 heterocycles. The summed E-state index contributed by atoms with van der Waals surface area (Å²) < 4.78 is 0. The van der Waals surface area contributed by atoms with Crippen molar-refractivity contribution in [1.82, 2.24) is 4.90 Å². The number of hydrogen-bond acceptors (Lipinski definition) is 4. The van der Waals surface area contributed by atoms with Crippen molar-refractivity contribution in [3.05, 3.63) is 90.5 Å². The molecule has 1 saturated heterocycles. The molecule has 0 aliphatic carbocycles. The zero-order valence-corrected chi connectivity index (χ0v) is 18.1. The van der Waals surface area contributed by atoms with E-state index in [9.17, 15) is 9.59 Å². The van der Waals surface area contributed by atoms with E-state index in [1.165, 1.54) is 17.4 Å². The summed E-state index contributed by atoms with van der Waals surface area (Å²) in [6, 6.07) is 27.3. The molecule has 5 nitrogen and oxygen atoms in total. The zero-order valence-electron chi connectivity index (χ0n) is 17.2. The Morgan fingerprint density at radius 1 is 0.774 bits per heavy atom. The first-order valence-corrected chi connectivity index (χ1v) is 11.4. The normalized spacial score (nSPS) is 13.7. The van der Waals surface area contributed by atoms with Crippen molar-refractivity contribution in [2.75, 3.05) is 42.1 Å². The Morgan fingerprint density at radius 2 is 1.39 bits per heavy atom. The molecule has 2 amide bonds. The smallest absolute Gasteiger partial charge is 0.256 e. The maximum atomic E-state index is 13.2. The predicted molar refractivity (Wildman–Crippen MR) is 127 cm³/mol. The minimum Gasteiger partial charge on any atom is -0.368 e. The van der Waals surface area contributed by atoms with Crippen molar-refractivity contribution >= 4 is 35.0 Å². The summed E-state index contributed by atoms with van der Waals surface area (Å²) in [7, 11) is 0. The molecule has 31 heavy (non-hydrogen) atoms. The molecule has 0 saturated carbocycles. The van der Waals surface area contributed by atoms with Gasteiger partial charge in [0.05, 0.1) is 17.0 Å². The number of piperazine rings is 1. The average Bonchev–Trinajstić information content (AvgIpc) is 2.84. The van der Waals surface area contributed by atoms with Crippen LogP contribution in [0.2, 0.25) is 0 Å². The van der Waals surface area contributed by atoms with E-state index >= 15 is 0 Å². The fourth-order valence-corrected chi connectivity index (χ4v) is 4.33.